The van der Waals surface area contributed by atoms with Crippen LogP contribution in [0.3, 0.4) is 0 Å². The van der Waals surface area contributed by atoms with Gasteiger partial charge in [-0.15, -0.1) is 0 Å². The van der Waals surface area contributed by atoms with Gasteiger partial charge in [-0.05, 0) is 122 Å². The standard InChI is InChI=1S/C49H35NO/c1-49(2)44-30-33(32-21-25-37(26-22-32)50(35-13-5-3-6-14-35)36-15-7-4-8-16-36)23-27-41(44)48-40-19-10-9-17-38(40)42(31-45(48)49)34-24-28-47-43(29-34)39-18-11-12-20-46(39)51-47/h3-31H,1-2H3. The fraction of sp³-hybridized carbons (Fsp3) is 0.0612. The van der Waals surface area contributed by atoms with Crippen LogP contribution in [-0.2, 0) is 5.41 Å². The average Bonchev–Trinajstić information content (AvgIpc) is 3.67. The molecule has 0 amide bonds. The van der Waals surface area contributed by atoms with Crippen molar-refractivity contribution < 1.29 is 4.42 Å². The number of anilines is 3. The van der Waals surface area contributed by atoms with E-state index in [1.165, 1.54) is 55.3 Å². The Morgan fingerprint density at radius 1 is 0.392 bits per heavy atom. The highest BCUT2D eigenvalue weighted by atomic mass is 16.3. The molecule has 0 saturated carbocycles. The third-order valence-electron chi connectivity index (χ3n) is 10.9. The Hall–Kier alpha value is -6.38. The quantitative estimate of drug-likeness (QED) is 0.184. The monoisotopic (exact) mass is 653 g/mol. The van der Waals surface area contributed by atoms with Crippen molar-refractivity contribution >= 4 is 49.8 Å². The van der Waals surface area contributed by atoms with Crippen LogP contribution in [0.2, 0.25) is 0 Å². The minimum atomic E-state index is -0.177. The van der Waals surface area contributed by atoms with Gasteiger partial charge in [-0.25, -0.2) is 0 Å². The Balaban J connectivity index is 1.07. The van der Waals surface area contributed by atoms with Gasteiger partial charge in [0.05, 0.1) is 0 Å². The van der Waals surface area contributed by atoms with Crippen LogP contribution in [0.5, 0.6) is 0 Å². The lowest BCUT2D eigenvalue weighted by Crippen LogP contribution is -2.15. The molecule has 9 aromatic rings. The van der Waals surface area contributed by atoms with Gasteiger partial charge in [0, 0.05) is 33.2 Å². The first-order valence-corrected chi connectivity index (χ1v) is 17.7. The molecule has 51 heavy (non-hydrogen) atoms. The van der Waals surface area contributed by atoms with Crippen molar-refractivity contribution in [2.24, 2.45) is 0 Å². The second kappa shape index (κ2) is 11.3. The fourth-order valence-corrected chi connectivity index (χ4v) is 8.30. The molecular formula is C49H35NO. The summed E-state index contributed by atoms with van der Waals surface area (Å²) in [5.41, 5.74) is 15.4. The highest BCUT2D eigenvalue weighted by molar-refractivity contribution is 6.11. The maximum Gasteiger partial charge on any atom is 0.135 e. The Morgan fingerprint density at radius 2 is 0.961 bits per heavy atom. The second-order valence-electron chi connectivity index (χ2n) is 14.1. The minimum Gasteiger partial charge on any atom is -0.456 e. The molecule has 1 aromatic heterocycles. The van der Waals surface area contributed by atoms with Gasteiger partial charge < -0.3 is 9.32 Å². The molecule has 0 bridgehead atoms. The molecule has 2 nitrogen and oxygen atoms in total. The van der Waals surface area contributed by atoms with E-state index in [4.69, 9.17) is 4.42 Å². The predicted molar refractivity (Wildman–Crippen MR) is 214 cm³/mol. The van der Waals surface area contributed by atoms with Crippen molar-refractivity contribution in [1.82, 2.24) is 0 Å². The Labute approximate surface area is 297 Å². The van der Waals surface area contributed by atoms with Crippen molar-refractivity contribution in [2.75, 3.05) is 4.90 Å². The second-order valence-corrected chi connectivity index (χ2v) is 14.1. The van der Waals surface area contributed by atoms with Crippen LogP contribution in [0, 0.1) is 0 Å². The van der Waals surface area contributed by atoms with Crippen molar-refractivity contribution in [2.45, 2.75) is 19.3 Å². The number of fused-ring (bicyclic) bond motifs is 8. The summed E-state index contributed by atoms with van der Waals surface area (Å²) >= 11 is 0. The summed E-state index contributed by atoms with van der Waals surface area (Å²) in [5, 5.41) is 4.88. The molecule has 0 aliphatic heterocycles. The Kier molecular flexibility index (Phi) is 6.56. The maximum absolute atomic E-state index is 6.18. The third kappa shape index (κ3) is 4.64. The number of rotatable bonds is 5. The SMILES string of the molecule is CC1(C)c2cc(-c3ccc(N(c4ccccc4)c4ccccc4)cc3)ccc2-c2c1cc(-c1ccc3oc4ccccc4c3c1)c1ccccc21. The van der Waals surface area contributed by atoms with Crippen molar-refractivity contribution in [3.63, 3.8) is 0 Å². The van der Waals surface area contributed by atoms with Gasteiger partial charge in [0.15, 0.2) is 0 Å². The van der Waals surface area contributed by atoms with E-state index in [1.54, 1.807) is 0 Å². The number of para-hydroxylation sites is 3. The van der Waals surface area contributed by atoms with Gasteiger partial charge in [0.2, 0.25) is 0 Å². The van der Waals surface area contributed by atoms with Crippen LogP contribution in [0.25, 0.3) is 66.1 Å². The number of furan rings is 1. The van der Waals surface area contributed by atoms with Crippen LogP contribution < -0.4 is 4.90 Å². The average molecular weight is 654 g/mol. The molecule has 0 saturated heterocycles. The number of nitrogens with zero attached hydrogens (tertiary/aromatic N) is 1. The Morgan fingerprint density at radius 3 is 1.69 bits per heavy atom. The normalized spacial score (nSPS) is 13.1. The largest absolute Gasteiger partial charge is 0.456 e. The maximum atomic E-state index is 6.18. The van der Waals surface area contributed by atoms with Crippen LogP contribution in [-0.4, -0.2) is 0 Å². The summed E-state index contributed by atoms with van der Waals surface area (Å²) < 4.78 is 6.18. The molecule has 242 valence electrons. The highest BCUT2D eigenvalue weighted by Gasteiger charge is 2.37. The van der Waals surface area contributed by atoms with Crippen molar-refractivity contribution in [3.05, 3.63) is 187 Å². The molecule has 0 fully saturated rings. The lowest BCUT2D eigenvalue weighted by atomic mass is 9.80. The number of hydrogen-bond donors (Lipinski definition) is 0. The van der Waals surface area contributed by atoms with Gasteiger partial charge in [-0.1, -0.05) is 123 Å². The molecule has 0 unspecified atom stereocenters. The van der Waals surface area contributed by atoms with Gasteiger partial charge in [-0.2, -0.15) is 0 Å². The summed E-state index contributed by atoms with van der Waals surface area (Å²) in [5.74, 6) is 0. The third-order valence-corrected chi connectivity index (χ3v) is 10.9. The molecule has 0 radical (unpaired) electrons. The van der Waals surface area contributed by atoms with Crippen molar-refractivity contribution in [3.8, 4) is 33.4 Å². The summed E-state index contributed by atoms with van der Waals surface area (Å²) in [6.07, 6.45) is 0. The fourth-order valence-electron chi connectivity index (χ4n) is 8.30. The molecule has 2 heteroatoms. The highest BCUT2D eigenvalue weighted by Crippen LogP contribution is 2.54. The zero-order chi connectivity index (χ0) is 34.1. The topological polar surface area (TPSA) is 16.4 Å². The molecule has 8 aromatic carbocycles. The van der Waals surface area contributed by atoms with E-state index in [0.717, 1.165) is 39.0 Å². The predicted octanol–water partition coefficient (Wildman–Crippen LogP) is 13.8. The minimum absolute atomic E-state index is 0.177. The van der Waals surface area contributed by atoms with Gasteiger partial charge in [0.25, 0.3) is 0 Å². The molecular weight excluding hydrogens is 619 g/mol. The smallest absolute Gasteiger partial charge is 0.135 e. The van der Waals surface area contributed by atoms with Crippen LogP contribution in [0.15, 0.2) is 180 Å². The molecule has 1 aliphatic carbocycles. The van der Waals surface area contributed by atoms with E-state index in [2.05, 4.69) is 183 Å². The van der Waals surface area contributed by atoms with E-state index in [9.17, 15) is 0 Å². The van der Waals surface area contributed by atoms with E-state index in [1.807, 2.05) is 12.1 Å². The zero-order valence-corrected chi connectivity index (χ0v) is 28.6. The first-order chi connectivity index (χ1) is 25.0. The molecule has 10 rings (SSSR count). The molecule has 1 heterocycles. The van der Waals surface area contributed by atoms with E-state index in [0.29, 0.717) is 0 Å². The first-order valence-electron chi connectivity index (χ1n) is 17.7. The lowest BCUT2D eigenvalue weighted by molar-refractivity contribution is 0.661. The van der Waals surface area contributed by atoms with Crippen LogP contribution in [0.1, 0.15) is 25.0 Å². The van der Waals surface area contributed by atoms with Gasteiger partial charge >= 0.3 is 0 Å². The summed E-state index contributed by atoms with van der Waals surface area (Å²) in [6, 6.07) is 63.5. The number of benzene rings is 8. The van der Waals surface area contributed by atoms with Gasteiger partial charge in [-0.3, -0.25) is 0 Å². The molecule has 1 aliphatic rings. The van der Waals surface area contributed by atoms with Gasteiger partial charge in [0.1, 0.15) is 11.2 Å². The first kappa shape index (κ1) is 29.5. The molecule has 0 atom stereocenters. The molecule has 0 N–H and O–H groups in total. The zero-order valence-electron chi connectivity index (χ0n) is 28.6. The summed E-state index contributed by atoms with van der Waals surface area (Å²) in [7, 11) is 0. The van der Waals surface area contributed by atoms with Crippen molar-refractivity contribution in [1.29, 1.82) is 0 Å². The van der Waals surface area contributed by atoms with E-state index >= 15 is 0 Å². The summed E-state index contributed by atoms with van der Waals surface area (Å²) in [4.78, 5) is 2.31. The Bertz CT molecular complexity index is 2720. The van der Waals surface area contributed by atoms with Crippen LogP contribution in [0.4, 0.5) is 17.1 Å². The van der Waals surface area contributed by atoms with E-state index < -0.39 is 0 Å². The molecule has 0 spiro atoms. The van der Waals surface area contributed by atoms with E-state index in [-0.39, 0.29) is 5.41 Å². The lowest BCUT2D eigenvalue weighted by Gasteiger charge is -2.25. The summed E-state index contributed by atoms with van der Waals surface area (Å²) in [6.45, 7) is 4.76. The van der Waals surface area contributed by atoms with Crippen LogP contribution >= 0.6 is 0 Å². The number of hydrogen-bond acceptors (Lipinski definition) is 2.